The van der Waals surface area contributed by atoms with Crippen molar-refractivity contribution >= 4 is 11.9 Å². The summed E-state index contributed by atoms with van der Waals surface area (Å²) in [5.41, 5.74) is 0. The third-order valence-corrected chi connectivity index (χ3v) is 12.1. The zero-order valence-electron chi connectivity index (χ0n) is 39.2. The summed E-state index contributed by atoms with van der Waals surface area (Å²) in [5, 5.41) is 23.7. The average molecular weight is 820 g/mol. The van der Waals surface area contributed by atoms with Gasteiger partial charge >= 0.3 is 5.97 Å². The van der Waals surface area contributed by atoms with Gasteiger partial charge < -0.3 is 20.3 Å². The number of nitrogens with one attached hydrogen (secondary N) is 1. The number of amides is 1. The van der Waals surface area contributed by atoms with Crippen LogP contribution in [0.4, 0.5) is 0 Å². The standard InChI is InChI=1S/C52H101NO5/c1-4-7-10-13-16-19-22-25-27-30-33-36-39-42-45-52(57)58-48(43-40-37-34-31-28-26-23-20-17-14-11-8-5-2)46-51(56)53-49(47-54)50(55)44-41-38-35-32-29-24-21-18-15-12-9-6-3/h27,30,48-50,54-55H,4-26,28-29,31-47H2,1-3H3,(H,53,56)/b30-27-. The van der Waals surface area contributed by atoms with Crippen LogP contribution < -0.4 is 5.32 Å². The Bertz CT molecular complexity index is 878. The predicted molar refractivity (Wildman–Crippen MR) is 250 cm³/mol. The summed E-state index contributed by atoms with van der Waals surface area (Å²) >= 11 is 0. The number of allylic oxidation sites excluding steroid dienone is 2. The van der Waals surface area contributed by atoms with Gasteiger partial charge in [0.05, 0.1) is 25.2 Å². The first-order chi connectivity index (χ1) is 28.5. The molecule has 3 atom stereocenters. The molecule has 0 aliphatic heterocycles. The van der Waals surface area contributed by atoms with E-state index in [2.05, 4.69) is 38.2 Å². The molecule has 0 aromatic carbocycles. The number of ether oxygens (including phenoxy) is 1. The first-order valence-electron chi connectivity index (χ1n) is 25.9. The van der Waals surface area contributed by atoms with Crippen LogP contribution in [0.15, 0.2) is 12.2 Å². The Morgan fingerprint density at radius 3 is 1.22 bits per heavy atom. The largest absolute Gasteiger partial charge is 0.462 e. The zero-order valence-corrected chi connectivity index (χ0v) is 39.2. The van der Waals surface area contributed by atoms with Crippen molar-refractivity contribution in [2.24, 2.45) is 0 Å². The number of carbonyl (C=O) groups excluding carboxylic acids is 2. The van der Waals surface area contributed by atoms with E-state index in [1.807, 2.05) is 0 Å². The molecule has 3 unspecified atom stereocenters. The van der Waals surface area contributed by atoms with Crippen LogP contribution in [0, 0.1) is 0 Å². The summed E-state index contributed by atoms with van der Waals surface area (Å²) in [5.74, 6) is -0.476. The quantitative estimate of drug-likeness (QED) is 0.0323. The van der Waals surface area contributed by atoms with Crippen molar-refractivity contribution < 1.29 is 24.5 Å². The molecule has 0 aromatic rings. The van der Waals surface area contributed by atoms with E-state index in [9.17, 15) is 19.8 Å². The van der Waals surface area contributed by atoms with E-state index in [1.165, 1.54) is 186 Å². The van der Waals surface area contributed by atoms with E-state index >= 15 is 0 Å². The third-order valence-electron chi connectivity index (χ3n) is 12.1. The maximum atomic E-state index is 13.2. The Morgan fingerprint density at radius 1 is 0.483 bits per heavy atom. The number of aliphatic hydroxyl groups is 2. The van der Waals surface area contributed by atoms with E-state index in [0.717, 1.165) is 51.4 Å². The van der Waals surface area contributed by atoms with Gasteiger partial charge in [-0.3, -0.25) is 9.59 Å². The lowest BCUT2D eigenvalue weighted by Gasteiger charge is -2.24. The highest BCUT2D eigenvalue weighted by molar-refractivity contribution is 5.77. The molecule has 0 saturated carbocycles. The topological polar surface area (TPSA) is 95.9 Å². The Labute approximate surface area is 361 Å². The molecule has 6 nitrogen and oxygen atoms in total. The molecule has 0 heterocycles. The number of esters is 1. The van der Waals surface area contributed by atoms with Crippen molar-refractivity contribution in [3.05, 3.63) is 12.2 Å². The minimum atomic E-state index is -0.783. The van der Waals surface area contributed by atoms with E-state index in [4.69, 9.17) is 4.74 Å². The second kappa shape index (κ2) is 46.7. The highest BCUT2D eigenvalue weighted by Gasteiger charge is 2.24. The van der Waals surface area contributed by atoms with Crippen LogP contribution in [0.5, 0.6) is 0 Å². The van der Waals surface area contributed by atoms with Crippen molar-refractivity contribution in [1.29, 1.82) is 0 Å². The first kappa shape index (κ1) is 56.6. The monoisotopic (exact) mass is 820 g/mol. The fourth-order valence-electron chi connectivity index (χ4n) is 8.13. The Morgan fingerprint density at radius 2 is 0.828 bits per heavy atom. The van der Waals surface area contributed by atoms with Crippen LogP contribution in [0.2, 0.25) is 0 Å². The van der Waals surface area contributed by atoms with Gasteiger partial charge in [0, 0.05) is 6.42 Å². The molecule has 0 aliphatic carbocycles. The molecule has 1 amide bonds. The van der Waals surface area contributed by atoms with Gasteiger partial charge in [-0.05, 0) is 51.4 Å². The van der Waals surface area contributed by atoms with Gasteiger partial charge in [-0.2, -0.15) is 0 Å². The molecule has 0 rings (SSSR count). The molecule has 58 heavy (non-hydrogen) atoms. The SMILES string of the molecule is CCCCCCCCC/C=C\CCCCCC(=O)OC(CCCCCCCCCCCCCCC)CC(=O)NC(CO)C(O)CCCCCCCCCCCCCC. The van der Waals surface area contributed by atoms with Crippen molar-refractivity contribution in [3.8, 4) is 0 Å². The van der Waals surface area contributed by atoms with Crippen LogP contribution in [0.25, 0.3) is 0 Å². The van der Waals surface area contributed by atoms with Crippen LogP contribution in [-0.2, 0) is 14.3 Å². The number of hydrogen-bond donors (Lipinski definition) is 3. The Balaban J connectivity index is 4.56. The van der Waals surface area contributed by atoms with Crippen LogP contribution in [0.3, 0.4) is 0 Å². The van der Waals surface area contributed by atoms with Gasteiger partial charge in [-0.25, -0.2) is 0 Å². The van der Waals surface area contributed by atoms with Gasteiger partial charge in [0.25, 0.3) is 0 Å². The maximum Gasteiger partial charge on any atom is 0.306 e. The number of aliphatic hydroxyl groups excluding tert-OH is 2. The normalized spacial score (nSPS) is 13.3. The van der Waals surface area contributed by atoms with Crippen LogP contribution in [-0.4, -0.2) is 46.9 Å². The lowest BCUT2D eigenvalue weighted by Crippen LogP contribution is -2.46. The second-order valence-electron chi connectivity index (χ2n) is 17.9. The second-order valence-corrected chi connectivity index (χ2v) is 17.9. The van der Waals surface area contributed by atoms with Gasteiger partial charge in [0.15, 0.2) is 0 Å². The molecule has 6 heteroatoms. The van der Waals surface area contributed by atoms with Gasteiger partial charge in [-0.1, -0.05) is 232 Å². The highest BCUT2D eigenvalue weighted by Crippen LogP contribution is 2.18. The summed E-state index contributed by atoms with van der Waals surface area (Å²) in [6.07, 6.45) is 51.2. The smallest absolute Gasteiger partial charge is 0.306 e. The summed E-state index contributed by atoms with van der Waals surface area (Å²) in [6, 6.07) is -0.697. The number of unbranched alkanes of at least 4 members (excludes halogenated alkanes) is 33. The van der Waals surface area contributed by atoms with Gasteiger partial charge in [-0.15, -0.1) is 0 Å². The molecule has 0 radical (unpaired) electrons. The Kier molecular flexibility index (Phi) is 45.5. The molecule has 0 fully saturated rings. The van der Waals surface area contributed by atoms with Crippen LogP contribution >= 0.6 is 0 Å². The molecule has 3 N–H and O–H groups in total. The Hall–Kier alpha value is -1.40. The summed E-state index contributed by atoms with van der Waals surface area (Å²) in [4.78, 5) is 26.1. The molecular formula is C52H101NO5. The molecule has 0 bridgehead atoms. The van der Waals surface area contributed by atoms with Gasteiger partial charge in [0.2, 0.25) is 5.91 Å². The van der Waals surface area contributed by atoms with Gasteiger partial charge in [0.1, 0.15) is 6.10 Å². The average Bonchev–Trinajstić information content (AvgIpc) is 3.22. The lowest BCUT2D eigenvalue weighted by molar-refractivity contribution is -0.151. The number of rotatable bonds is 47. The maximum absolute atomic E-state index is 13.2. The van der Waals surface area contributed by atoms with Crippen molar-refractivity contribution in [2.75, 3.05) is 6.61 Å². The van der Waals surface area contributed by atoms with E-state index in [1.54, 1.807) is 0 Å². The lowest BCUT2D eigenvalue weighted by atomic mass is 10.0. The summed E-state index contributed by atoms with van der Waals surface area (Å²) < 4.78 is 5.93. The third kappa shape index (κ3) is 41.3. The number of carbonyl (C=O) groups is 2. The fourth-order valence-corrected chi connectivity index (χ4v) is 8.13. The highest BCUT2D eigenvalue weighted by atomic mass is 16.5. The van der Waals surface area contributed by atoms with Crippen LogP contribution in [0.1, 0.15) is 284 Å². The molecular weight excluding hydrogens is 719 g/mol. The minimum Gasteiger partial charge on any atom is -0.462 e. The summed E-state index contributed by atoms with van der Waals surface area (Å²) in [6.45, 7) is 6.49. The van der Waals surface area contributed by atoms with Crippen molar-refractivity contribution in [3.63, 3.8) is 0 Å². The molecule has 0 aliphatic rings. The van der Waals surface area contributed by atoms with E-state index in [-0.39, 0.29) is 24.9 Å². The molecule has 0 spiro atoms. The first-order valence-corrected chi connectivity index (χ1v) is 25.9. The zero-order chi connectivity index (χ0) is 42.4. The van der Waals surface area contributed by atoms with E-state index < -0.39 is 18.2 Å². The fraction of sp³-hybridized carbons (Fsp3) is 0.923. The summed E-state index contributed by atoms with van der Waals surface area (Å²) in [7, 11) is 0. The number of hydrogen-bond acceptors (Lipinski definition) is 5. The van der Waals surface area contributed by atoms with E-state index in [0.29, 0.717) is 19.3 Å². The molecule has 0 aromatic heterocycles. The predicted octanol–water partition coefficient (Wildman–Crippen LogP) is 15.3. The minimum absolute atomic E-state index is 0.0787. The molecule has 0 saturated heterocycles. The molecule has 344 valence electrons. The van der Waals surface area contributed by atoms with Crippen molar-refractivity contribution in [1.82, 2.24) is 5.32 Å². The van der Waals surface area contributed by atoms with Crippen molar-refractivity contribution in [2.45, 2.75) is 302 Å².